The maximum absolute atomic E-state index is 12.0. The number of nitrogens with one attached hydrogen (secondary N) is 2. The van der Waals surface area contributed by atoms with Gasteiger partial charge in [-0.3, -0.25) is 14.3 Å². The number of hydrogen-bond acceptors (Lipinski definition) is 3. The maximum Gasteiger partial charge on any atom is 0.260 e. The zero-order valence-corrected chi connectivity index (χ0v) is 12.6. The summed E-state index contributed by atoms with van der Waals surface area (Å²) in [5.41, 5.74) is 1.77. The summed E-state index contributed by atoms with van der Waals surface area (Å²) in [7, 11) is 1.74. The van der Waals surface area contributed by atoms with Gasteiger partial charge in [0.25, 0.3) is 5.91 Å². The van der Waals surface area contributed by atoms with Crippen LogP contribution in [-0.4, -0.2) is 21.6 Å². The van der Waals surface area contributed by atoms with E-state index in [-0.39, 0.29) is 11.8 Å². The van der Waals surface area contributed by atoms with E-state index in [0.717, 1.165) is 0 Å². The van der Waals surface area contributed by atoms with Crippen LogP contribution in [0.3, 0.4) is 0 Å². The van der Waals surface area contributed by atoms with Crippen LogP contribution in [0.25, 0.3) is 0 Å². The van der Waals surface area contributed by atoms with Crippen LogP contribution in [0.2, 0.25) is 0 Å². The number of halogens is 1. The highest BCUT2D eigenvalue weighted by Gasteiger charge is 2.13. The summed E-state index contributed by atoms with van der Waals surface area (Å²) in [6.07, 6.45) is 1.63. The van der Waals surface area contributed by atoms with Crippen LogP contribution in [0.15, 0.2) is 35.1 Å². The first-order chi connectivity index (χ1) is 9.45. The van der Waals surface area contributed by atoms with E-state index in [4.69, 9.17) is 0 Å². The quantitative estimate of drug-likeness (QED) is 0.903. The standard InChI is InChI=1S/C13H13BrN4O2/c1-8(19)15-9-3-5-10(6-4-9)16-13(20)11-7-18(2)17-12(11)14/h3-7H,1-2H3,(H,15,19)(H,16,20). The number of rotatable bonds is 3. The van der Waals surface area contributed by atoms with Crippen molar-refractivity contribution in [1.82, 2.24) is 9.78 Å². The highest BCUT2D eigenvalue weighted by molar-refractivity contribution is 9.10. The topological polar surface area (TPSA) is 76.0 Å². The number of nitrogens with zero attached hydrogens (tertiary/aromatic N) is 2. The van der Waals surface area contributed by atoms with E-state index in [1.54, 1.807) is 42.2 Å². The minimum atomic E-state index is -0.253. The Bertz CT molecular complexity index is 649. The maximum atomic E-state index is 12.0. The van der Waals surface area contributed by atoms with E-state index < -0.39 is 0 Å². The Morgan fingerprint density at radius 2 is 1.70 bits per heavy atom. The SMILES string of the molecule is CC(=O)Nc1ccc(NC(=O)c2cn(C)nc2Br)cc1. The van der Waals surface area contributed by atoms with Crippen molar-refractivity contribution in [3.05, 3.63) is 40.6 Å². The normalized spacial score (nSPS) is 10.2. The van der Waals surface area contributed by atoms with Crippen LogP contribution in [0.4, 0.5) is 11.4 Å². The Hall–Kier alpha value is -2.15. The van der Waals surface area contributed by atoms with Gasteiger partial charge in [0.2, 0.25) is 5.91 Å². The van der Waals surface area contributed by atoms with Crippen LogP contribution in [-0.2, 0) is 11.8 Å². The number of anilines is 2. The third-order valence-electron chi connectivity index (χ3n) is 2.49. The largest absolute Gasteiger partial charge is 0.326 e. The lowest BCUT2D eigenvalue weighted by molar-refractivity contribution is -0.114. The molecule has 6 nitrogen and oxygen atoms in total. The average molecular weight is 337 g/mol. The predicted molar refractivity (Wildman–Crippen MR) is 79.6 cm³/mol. The molecule has 2 aromatic rings. The van der Waals surface area contributed by atoms with E-state index >= 15 is 0 Å². The number of aromatic nitrogens is 2. The van der Waals surface area contributed by atoms with E-state index in [9.17, 15) is 9.59 Å². The molecule has 0 saturated heterocycles. The molecule has 7 heteroatoms. The summed E-state index contributed by atoms with van der Waals surface area (Å²) in [6.45, 7) is 1.44. The molecule has 20 heavy (non-hydrogen) atoms. The second-order valence-corrected chi connectivity index (χ2v) is 4.97. The molecule has 0 bridgehead atoms. The molecule has 0 radical (unpaired) electrons. The summed E-state index contributed by atoms with van der Waals surface area (Å²) in [5.74, 6) is -0.390. The third kappa shape index (κ3) is 3.45. The Morgan fingerprint density at radius 1 is 1.15 bits per heavy atom. The minimum Gasteiger partial charge on any atom is -0.326 e. The molecule has 0 fully saturated rings. The van der Waals surface area contributed by atoms with Crippen molar-refractivity contribution in [3.63, 3.8) is 0 Å². The number of benzene rings is 1. The Labute approximate surface area is 124 Å². The molecule has 2 N–H and O–H groups in total. The number of hydrogen-bond donors (Lipinski definition) is 2. The van der Waals surface area contributed by atoms with Gasteiger partial charge in [-0.25, -0.2) is 0 Å². The van der Waals surface area contributed by atoms with E-state index in [1.807, 2.05) is 0 Å². The highest BCUT2D eigenvalue weighted by atomic mass is 79.9. The van der Waals surface area contributed by atoms with Gasteiger partial charge >= 0.3 is 0 Å². The molecule has 0 unspecified atom stereocenters. The lowest BCUT2D eigenvalue weighted by Crippen LogP contribution is -2.12. The molecular weight excluding hydrogens is 324 g/mol. The van der Waals surface area contributed by atoms with Gasteiger partial charge < -0.3 is 10.6 Å². The first-order valence-corrected chi connectivity index (χ1v) is 6.63. The summed E-state index contributed by atoms with van der Waals surface area (Å²) in [5, 5.41) is 9.46. The Morgan fingerprint density at radius 3 is 2.15 bits per heavy atom. The van der Waals surface area contributed by atoms with Crippen molar-refractivity contribution >= 4 is 39.1 Å². The van der Waals surface area contributed by atoms with E-state index in [1.165, 1.54) is 6.92 Å². The molecule has 2 rings (SSSR count). The predicted octanol–water partition coefficient (Wildman–Crippen LogP) is 2.39. The molecule has 1 aromatic heterocycles. The number of carbonyl (C=O) groups excluding carboxylic acids is 2. The summed E-state index contributed by atoms with van der Waals surface area (Å²) >= 11 is 3.23. The monoisotopic (exact) mass is 336 g/mol. The molecule has 2 amide bonds. The molecule has 104 valence electrons. The van der Waals surface area contributed by atoms with Gasteiger partial charge in [0.1, 0.15) is 4.60 Å². The lowest BCUT2D eigenvalue weighted by Gasteiger charge is -2.06. The summed E-state index contributed by atoms with van der Waals surface area (Å²) in [4.78, 5) is 23.0. The fourth-order valence-corrected chi connectivity index (χ4v) is 2.18. The molecule has 0 aliphatic carbocycles. The van der Waals surface area contributed by atoms with Crippen molar-refractivity contribution in [2.45, 2.75) is 6.92 Å². The van der Waals surface area contributed by atoms with Crippen LogP contribution >= 0.6 is 15.9 Å². The Balaban J connectivity index is 2.08. The van der Waals surface area contributed by atoms with Crippen molar-refractivity contribution in [2.24, 2.45) is 7.05 Å². The van der Waals surface area contributed by atoms with Crippen LogP contribution in [0.5, 0.6) is 0 Å². The second-order valence-electron chi connectivity index (χ2n) is 4.22. The number of carbonyl (C=O) groups is 2. The molecule has 0 aliphatic heterocycles. The first kappa shape index (κ1) is 14.3. The molecule has 1 heterocycles. The molecule has 0 saturated carbocycles. The van der Waals surface area contributed by atoms with Crippen LogP contribution in [0, 0.1) is 0 Å². The zero-order valence-electron chi connectivity index (χ0n) is 11.0. The molecule has 0 aliphatic rings. The van der Waals surface area contributed by atoms with Crippen molar-refractivity contribution in [3.8, 4) is 0 Å². The van der Waals surface area contributed by atoms with Crippen molar-refractivity contribution in [2.75, 3.05) is 10.6 Å². The number of amides is 2. The number of aryl methyl sites for hydroxylation is 1. The van der Waals surface area contributed by atoms with Gasteiger partial charge in [0.05, 0.1) is 5.56 Å². The van der Waals surface area contributed by atoms with Gasteiger partial charge in [0, 0.05) is 31.5 Å². The van der Waals surface area contributed by atoms with Gasteiger partial charge in [-0.05, 0) is 40.2 Å². The molecule has 1 aromatic carbocycles. The van der Waals surface area contributed by atoms with Crippen molar-refractivity contribution in [1.29, 1.82) is 0 Å². The highest BCUT2D eigenvalue weighted by Crippen LogP contribution is 2.18. The van der Waals surface area contributed by atoms with Gasteiger partial charge in [-0.15, -0.1) is 0 Å². The fraction of sp³-hybridized carbons (Fsp3) is 0.154. The van der Waals surface area contributed by atoms with Crippen molar-refractivity contribution < 1.29 is 9.59 Å². The van der Waals surface area contributed by atoms with E-state index in [0.29, 0.717) is 21.5 Å². The van der Waals surface area contributed by atoms with Crippen LogP contribution < -0.4 is 10.6 Å². The minimum absolute atomic E-state index is 0.138. The molecule has 0 spiro atoms. The van der Waals surface area contributed by atoms with Crippen LogP contribution in [0.1, 0.15) is 17.3 Å². The van der Waals surface area contributed by atoms with E-state index in [2.05, 4.69) is 31.7 Å². The third-order valence-corrected chi connectivity index (χ3v) is 3.08. The zero-order chi connectivity index (χ0) is 14.7. The molecule has 0 atom stereocenters. The summed E-state index contributed by atoms with van der Waals surface area (Å²) in [6, 6.07) is 6.87. The smallest absolute Gasteiger partial charge is 0.260 e. The van der Waals surface area contributed by atoms with Gasteiger partial charge in [-0.1, -0.05) is 0 Å². The first-order valence-electron chi connectivity index (χ1n) is 5.84. The van der Waals surface area contributed by atoms with Gasteiger partial charge in [0.15, 0.2) is 0 Å². The lowest BCUT2D eigenvalue weighted by atomic mass is 10.2. The van der Waals surface area contributed by atoms with Gasteiger partial charge in [-0.2, -0.15) is 5.10 Å². The summed E-state index contributed by atoms with van der Waals surface area (Å²) < 4.78 is 2.05. The average Bonchev–Trinajstić information content (AvgIpc) is 2.70. The Kier molecular flexibility index (Phi) is 4.19. The fourth-order valence-electron chi connectivity index (χ4n) is 1.65. The second kappa shape index (κ2) is 5.87. The molecular formula is C13H13BrN4O2.